The second kappa shape index (κ2) is 5.48. The van der Waals surface area contributed by atoms with Crippen LogP contribution in [0.4, 0.5) is 5.69 Å². The molecule has 6 heteroatoms. The maximum atomic E-state index is 11.5. The Labute approximate surface area is 114 Å². The molecule has 0 bridgehead atoms. The first kappa shape index (κ1) is 14.3. The van der Waals surface area contributed by atoms with Gasteiger partial charge in [-0.05, 0) is 38.0 Å². The van der Waals surface area contributed by atoms with E-state index >= 15 is 0 Å². The molecule has 106 valence electrons. The number of benzene rings is 1. The molecule has 1 aliphatic heterocycles. The molecule has 2 rings (SSSR count). The topological polar surface area (TPSA) is 81.4 Å². The van der Waals surface area contributed by atoms with E-state index in [0.29, 0.717) is 11.5 Å². The van der Waals surface area contributed by atoms with E-state index in [1.54, 1.807) is 19.1 Å². The number of nitrogens with one attached hydrogen (secondary N) is 1. The minimum absolute atomic E-state index is 0.173. The first-order valence-electron chi connectivity index (χ1n) is 6.35. The highest BCUT2D eigenvalue weighted by atomic mass is 32.2. The number of hydrogen-bond acceptors (Lipinski definition) is 4. The first-order valence-corrected chi connectivity index (χ1v) is 7.90. The fraction of sp³-hybridized carbons (Fsp3) is 0.538. The minimum atomic E-state index is -3.68. The van der Waals surface area contributed by atoms with Crippen LogP contribution in [0.5, 0.6) is 0 Å². The molecule has 5 nitrogen and oxygen atoms in total. The van der Waals surface area contributed by atoms with Crippen LogP contribution in [0, 0.1) is 12.8 Å². The van der Waals surface area contributed by atoms with Crippen molar-refractivity contribution in [1.82, 2.24) is 0 Å². The number of ether oxygens (including phenoxy) is 1. The van der Waals surface area contributed by atoms with Crippen molar-refractivity contribution in [3.05, 3.63) is 23.8 Å². The molecule has 0 amide bonds. The van der Waals surface area contributed by atoms with E-state index in [1.165, 1.54) is 0 Å². The third-order valence-corrected chi connectivity index (χ3v) is 4.61. The SMILES string of the molecule is Cc1ccc(NC(C)C2CCOC2)cc1S(N)(=O)=O. The Bertz CT molecular complexity index is 551. The van der Waals surface area contributed by atoms with Crippen molar-refractivity contribution < 1.29 is 13.2 Å². The molecule has 1 aliphatic rings. The Morgan fingerprint density at radius 2 is 2.21 bits per heavy atom. The molecule has 1 aromatic carbocycles. The average molecular weight is 284 g/mol. The summed E-state index contributed by atoms with van der Waals surface area (Å²) in [4.78, 5) is 0.173. The molecule has 0 radical (unpaired) electrons. The molecule has 2 atom stereocenters. The summed E-state index contributed by atoms with van der Waals surface area (Å²) in [6, 6.07) is 5.46. The molecule has 1 aromatic rings. The zero-order chi connectivity index (χ0) is 14.0. The van der Waals surface area contributed by atoms with Crippen molar-refractivity contribution in [1.29, 1.82) is 0 Å². The molecule has 0 saturated carbocycles. The second-order valence-corrected chi connectivity index (χ2v) is 6.61. The van der Waals surface area contributed by atoms with Crippen molar-refractivity contribution >= 4 is 15.7 Å². The largest absolute Gasteiger partial charge is 0.382 e. The molecular weight excluding hydrogens is 264 g/mol. The molecule has 2 unspecified atom stereocenters. The van der Waals surface area contributed by atoms with Gasteiger partial charge in [-0.25, -0.2) is 13.6 Å². The van der Waals surface area contributed by atoms with E-state index in [-0.39, 0.29) is 10.9 Å². The van der Waals surface area contributed by atoms with Gasteiger partial charge in [0, 0.05) is 24.3 Å². The van der Waals surface area contributed by atoms with Crippen molar-refractivity contribution in [3.8, 4) is 0 Å². The third-order valence-electron chi connectivity index (χ3n) is 3.56. The summed E-state index contributed by atoms with van der Waals surface area (Å²) in [6.45, 7) is 5.36. The predicted molar refractivity (Wildman–Crippen MR) is 74.6 cm³/mol. The number of hydrogen-bond donors (Lipinski definition) is 2. The highest BCUT2D eigenvalue weighted by molar-refractivity contribution is 7.89. The molecule has 1 fully saturated rings. The summed E-state index contributed by atoms with van der Waals surface area (Å²) in [5, 5.41) is 8.53. The third kappa shape index (κ3) is 3.46. The lowest BCUT2D eigenvalue weighted by Crippen LogP contribution is -2.26. The van der Waals surface area contributed by atoms with E-state index in [9.17, 15) is 8.42 Å². The van der Waals surface area contributed by atoms with Crippen LogP contribution in [0.25, 0.3) is 0 Å². The van der Waals surface area contributed by atoms with Crippen molar-refractivity contribution in [2.45, 2.75) is 31.2 Å². The number of sulfonamides is 1. The van der Waals surface area contributed by atoms with Gasteiger partial charge in [0.25, 0.3) is 0 Å². The monoisotopic (exact) mass is 284 g/mol. The fourth-order valence-corrected chi connectivity index (χ4v) is 3.13. The van der Waals surface area contributed by atoms with Crippen molar-refractivity contribution in [2.75, 3.05) is 18.5 Å². The van der Waals surface area contributed by atoms with Gasteiger partial charge < -0.3 is 10.1 Å². The maximum Gasteiger partial charge on any atom is 0.238 e. The van der Waals surface area contributed by atoms with Crippen LogP contribution in [0.3, 0.4) is 0 Å². The van der Waals surface area contributed by atoms with Gasteiger partial charge in [-0.3, -0.25) is 0 Å². The lowest BCUT2D eigenvalue weighted by Gasteiger charge is -2.21. The number of aryl methyl sites for hydroxylation is 1. The van der Waals surface area contributed by atoms with Crippen molar-refractivity contribution in [2.24, 2.45) is 11.1 Å². The molecule has 0 aromatic heterocycles. The first-order chi connectivity index (χ1) is 8.88. The molecule has 19 heavy (non-hydrogen) atoms. The normalized spacial score (nSPS) is 21.3. The van der Waals surface area contributed by atoms with Gasteiger partial charge in [-0.1, -0.05) is 6.07 Å². The van der Waals surface area contributed by atoms with Gasteiger partial charge >= 0.3 is 0 Å². The summed E-state index contributed by atoms with van der Waals surface area (Å²) in [5.41, 5.74) is 1.43. The predicted octanol–water partition coefficient (Wildman–Crippen LogP) is 1.48. The zero-order valence-corrected chi connectivity index (χ0v) is 12.0. The lowest BCUT2D eigenvalue weighted by atomic mass is 10.0. The Morgan fingerprint density at radius 3 is 2.79 bits per heavy atom. The van der Waals surface area contributed by atoms with Gasteiger partial charge in [0.2, 0.25) is 10.0 Å². The Kier molecular flexibility index (Phi) is 4.13. The van der Waals surface area contributed by atoms with Crippen LogP contribution < -0.4 is 10.5 Å². The van der Waals surface area contributed by atoms with Gasteiger partial charge in [0.1, 0.15) is 0 Å². The van der Waals surface area contributed by atoms with Crippen LogP contribution in [0.2, 0.25) is 0 Å². The highest BCUT2D eigenvalue weighted by Gasteiger charge is 2.22. The average Bonchev–Trinajstić information content (AvgIpc) is 2.83. The molecule has 3 N–H and O–H groups in total. The zero-order valence-electron chi connectivity index (χ0n) is 11.2. The Morgan fingerprint density at radius 1 is 1.47 bits per heavy atom. The number of primary sulfonamides is 1. The Hall–Kier alpha value is -1.11. The van der Waals surface area contributed by atoms with E-state index in [4.69, 9.17) is 9.88 Å². The maximum absolute atomic E-state index is 11.5. The smallest absolute Gasteiger partial charge is 0.238 e. The summed E-state index contributed by atoms with van der Waals surface area (Å²) in [7, 11) is -3.68. The van der Waals surface area contributed by atoms with E-state index in [1.807, 2.05) is 6.07 Å². The van der Waals surface area contributed by atoms with Crippen LogP contribution >= 0.6 is 0 Å². The summed E-state index contributed by atoms with van der Waals surface area (Å²) in [6.07, 6.45) is 1.03. The number of rotatable bonds is 4. The van der Waals surface area contributed by atoms with Crippen LogP contribution in [0.15, 0.2) is 23.1 Å². The summed E-state index contributed by atoms with van der Waals surface area (Å²) < 4.78 is 28.3. The summed E-state index contributed by atoms with van der Waals surface area (Å²) >= 11 is 0. The van der Waals surface area contributed by atoms with E-state index in [2.05, 4.69) is 12.2 Å². The second-order valence-electron chi connectivity index (χ2n) is 5.08. The fourth-order valence-electron chi connectivity index (χ4n) is 2.32. The number of anilines is 1. The van der Waals surface area contributed by atoms with Crippen LogP contribution in [-0.4, -0.2) is 27.7 Å². The van der Waals surface area contributed by atoms with Crippen LogP contribution in [-0.2, 0) is 14.8 Å². The van der Waals surface area contributed by atoms with Crippen molar-refractivity contribution in [3.63, 3.8) is 0 Å². The molecule has 0 spiro atoms. The van der Waals surface area contributed by atoms with Gasteiger partial charge in [-0.2, -0.15) is 0 Å². The van der Waals surface area contributed by atoms with E-state index in [0.717, 1.165) is 25.3 Å². The van der Waals surface area contributed by atoms with Gasteiger partial charge in [-0.15, -0.1) is 0 Å². The molecule has 1 heterocycles. The standard InChI is InChI=1S/C13H20N2O3S/c1-9-3-4-12(7-13(9)19(14,16)17)15-10(2)11-5-6-18-8-11/h3-4,7,10-11,15H,5-6,8H2,1-2H3,(H2,14,16,17). The van der Waals surface area contributed by atoms with Gasteiger partial charge in [0.05, 0.1) is 11.5 Å². The minimum Gasteiger partial charge on any atom is -0.382 e. The summed E-state index contributed by atoms with van der Waals surface area (Å²) in [5.74, 6) is 0.458. The van der Waals surface area contributed by atoms with Crippen LogP contribution in [0.1, 0.15) is 18.9 Å². The number of nitrogens with two attached hydrogens (primary N) is 1. The molecule has 1 saturated heterocycles. The van der Waals surface area contributed by atoms with Gasteiger partial charge in [0.15, 0.2) is 0 Å². The highest BCUT2D eigenvalue weighted by Crippen LogP contribution is 2.23. The Balaban J connectivity index is 2.17. The lowest BCUT2D eigenvalue weighted by molar-refractivity contribution is 0.183. The molecule has 0 aliphatic carbocycles. The van der Waals surface area contributed by atoms with E-state index < -0.39 is 10.0 Å². The molecular formula is C13H20N2O3S. The quantitative estimate of drug-likeness (QED) is 0.877.